The quantitative estimate of drug-likeness (QED) is 0.161. The van der Waals surface area contributed by atoms with Gasteiger partial charge in [-0.15, -0.1) is 5.54 Å². The molecule has 0 heterocycles. The second kappa shape index (κ2) is 9.70. The Balaban J connectivity index is 3.31. The molecular formula is C21H31NO4Si. The molecule has 0 aromatic heterocycles. The van der Waals surface area contributed by atoms with Crippen molar-refractivity contribution < 1.29 is 14.5 Å². The molecule has 0 N–H and O–H groups in total. The minimum absolute atomic E-state index is 0.237. The van der Waals surface area contributed by atoms with Crippen molar-refractivity contribution in [1.29, 1.82) is 0 Å². The minimum Gasteiger partial charge on any atom is -0.427 e. The standard InChI is InChI=1S/C21H31NO4Si/c1-15(2)27(16(3)4,17(5)6)13-12-20(14-22(24)25)19-8-10-21(11-9-19)26-18(7)23/h8-11,15-17,20H,14H2,1-7H3/t20-/m1/s1. The predicted octanol–water partition coefficient (Wildman–Crippen LogP) is 5.19. The van der Waals surface area contributed by atoms with Gasteiger partial charge >= 0.3 is 5.97 Å². The van der Waals surface area contributed by atoms with Crippen molar-refractivity contribution in [3.8, 4) is 17.2 Å². The monoisotopic (exact) mass is 389 g/mol. The average Bonchev–Trinajstić information content (AvgIpc) is 2.53. The third-order valence-electron chi connectivity index (χ3n) is 5.20. The van der Waals surface area contributed by atoms with Crippen LogP contribution in [-0.4, -0.2) is 25.5 Å². The van der Waals surface area contributed by atoms with Crippen molar-refractivity contribution >= 4 is 14.0 Å². The number of benzene rings is 1. The van der Waals surface area contributed by atoms with Gasteiger partial charge in [0.05, 0.1) is 0 Å². The molecule has 0 radical (unpaired) electrons. The first-order valence-electron chi connectivity index (χ1n) is 9.43. The maximum Gasteiger partial charge on any atom is 0.308 e. The molecule has 27 heavy (non-hydrogen) atoms. The largest absolute Gasteiger partial charge is 0.427 e. The third-order valence-corrected chi connectivity index (χ3v) is 11.5. The first-order chi connectivity index (χ1) is 12.5. The number of carbonyl (C=O) groups is 1. The van der Waals surface area contributed by atoms with E-state index < -0.39 is 20.0 Å². The molecule has 5 nitrogen and oxygen atoms in total. The molecule has 0 spiro atoms. The molecule has 1 rings (SSSR count). The lowest BCUT2D eigenvalue weighted by atomic mass is 10.0. The average molecular weight is 390 g/mol. The molecule has 6 heteroatoms. The van der Waals surface area contributed by atoms with Gasteiger partial charge in [-0.2, -0.15) is 0 Å². The highest BCUT2D eigenvalue weighted by Crippen LogP contribution is 2.41. The predicted molar refractivity (Wildman–Crippen MR) is 111 cm³/mol. The van der Waals surface area contributed by atoms with Crippen molar-refractivity contribution in [3.63, 3.8) is 0 Å². The Bertz CT molecular complexity index is 692. The number of hydrogen-bond acceptors (Lipinski definition) is 4. The van der Waals surface area contributed by atoms with Gasteiger partial charge in [0, 0.05) is 11.8 Å². The SMILES string of the molecule is CC(=O)Oc1ccc([C@H](C#C[Si](C(C)C)(C(C)C)C(C)C)C[N+](=O)[O-])cc1. The Morgan fingerprint density at radius 2 is 1.56 bits per heavy atom. The lowest BCUT2D eigenvalue weighted by Crippen LogP contribution is -2.43. The van der Waals surface area contributed by atoms with Crippen molar-refractivity contribution in [2.75, 3.05) is 6.54 Å². The molecule has 0 aliphatic heterocycles. The first kappa shape index (κ1) is 22.9. The number of carbonyl (C=O) groups excluding carboxylic acids is 1. The smallest absolute Gasteiger partial charge is 0.308 e. The van der Waals surface area contributed by atoms with Crippen LogP contribution in [-0.2, 0) is 4.79 Å². The van der Waals surface area contributed by atoms with Gasteiger partial charge in [0.2, 0.25) is 6.54 Å². The Morgan fingerprint density at radius 3 is 1.93 bits per heavy atom. The van der Waals surface area contributed by atoms with E-state index in [1.165, 1.54) is 6.92 Å². The Kier molecular flexibility index (Phi) is 8.23. The Morgan fingerprint density at radius 1 is 1.07 bits per heavy atom. The molecule has 148 valence electrons. The lowest BCUT2D eigenvalue weighted by molar-refractivity contribution is -0.481. The van der Waals surface area contributed by atoms with Gasteiger partial charge in [-0.05, 0) is 34.3 Å². The van der Waals surface area contributed by atoms with Crippen LogP contribution in [0.1, 0.15) is 59.9 Å². The Labute approximate surface area is 163 Å². The van der Waals surface area contributed by atoms with Crippen LogP contribution in [0.3, 0.4) is 0 Å². The highest BCUT2D eigenvalue weighted by molar-refractivity contribution is 6.90. The molecule has 1 aromatic carbocycles. The van der Waals surface area contributed by atoms with E-state index >= 15 is 0 Å². The molecule has 1 atom stereocenters. The number of rotatable bonds is 7. The van der Waals surface area contributed by atoms with Crippen LogP contribution in [0, 0.1) is 21.6 Å². The fourth-order valence-electron chi connectivity index (χ4n) is 3.96. The summed E-state index contributed by atoms with van der Waals surface area (Å²) < 4.78 is 5.04. The molecule has 0 saturated carbocycles. The molecule has 0 unspecified atom stereocenters. The maximum atomic E-state index is 11.2. The zero-order chi connectivity index (χ0) is 20.8. The summed E-state index contributed by atoms with van der Waals surface area (Å²) in [7, 11) is -1.96. The van der Waals surface area contributed by atoms with Gasteiger partial charge in [-0.3, -0.25) is 14.9 Å². The van der Waals surface area contributed by atoms with Gasteiger partial charge in [0.15, 0.2) is 0 Å². The van der Waals surface area contributed by atoms with E-state index in [1.54, 1.807) is 24.3 Å². The molecule has 0 amide bonds. The van der Waals surface area contributed by atoms with Crippen LogP contribution >= 0.6 is 0 Å². The summed E-state index contributed by atoms with van der Waals surface area (Å²) in [6.07, 6.45) is 0. The fraction of sp³-hybridized carbons (Fsp3) is 0.571. The molecule has 0 bridgehead atoms. The van der Waals surface area contributed by atoms with Crippen molar-refractivity contribution in [3.05, 3.63) is 39.9 Å². The van der Waals surface area contributed by atoms with Gasteiger partial charge < -0.3 is 4.74 Å². The number of nitrogens with zero attached hydrogens (tertiary/aromatic N) is 1. The zero-order valence-electron chi connectivity index (χ0n) is 17.4. The topological polar surface area (TPSA) is 69.4 Å². The molecule has 0 fully saturated rings. The second-order valence-corrected chi connectivity index (χ2v) is 13.5. The van der Waals surface area contributed by atoms with Crippen LogP contribution in [0.5, 0.6) is 5.75 Å². The highest BCUT2D eigenvalue weighted by Gasteiger charge is 2.41. The molecule has 0 aliphatic carbocycles. The molecular weight excluding hydrogens is 358 g/mol. The van der Waals surface area contributed by atoms with Crippen molar-refractivity contribution in [2.45, 2.75) is 71.0 Å². The summed E-state index contributed by atoms with van der Waals surface area (Å²) in [4.78, 5) is 21.9. The molecule has 1 aromatic rings. The van der Waals surface area contributed by atoms with Gasteiger partial charge in [-0.1, -0.05) is 59.6 Å². The third kappa shape index (κ3) is 5.93. The van der Waals surface area contributed by atoms with Crippen molar-refractivity contribution in [1.82, 2.24) is 0 Å². The van der Waals surface area contributed by atoms with Gasteiger partial charge in [-0.25, -0.2) is 0 Å². The summed E-state index contributed by atoms with van der Waals surface area (Å²) in [5.41, 5.74) is 5.75. The number of hydrogen-bond donors (Lipinski definition) is 0. The first-order valence-corrected chi connectivity index (χ1v) is 11.7. The molecule has 0 saturated heterocycles. The number of nitro groups is 1. The van der Waals surface area contributed by atoms with E-state index in [0.29, 0.717) is 22.4 Å². The maximum absolute atomic E-state index is 11.2. The van der Waals surface area contributed by atoms with Crippen molar-refractivity contribution in [2.24, 2.45) is 0 Å². The lowest BCUT2D eigenvalue weighted by Gasteiger charge is -2.38. The highest BCUT2D eigenvalue weighted by atomic mass is 28.3. The van der Waals surface area contributed by atoms with E-state index in [0.717, 1.165) is 5.56 Å². The number of esters is 1. The van der Waals surface area contributed by atoms with Gasteiger partial charge in [0.25, 0.3) is 0 Å². The minimum atomic E-state index is -1.96. The summed E-state index contributed by atoms with van der Waals surface area (Å²) in [6, 6.07) is 6.82. The summed E-state index contributed by atoms with van der Waals surface area (Å²) in [5, 5.41) is 11.2. The van der Waals surface area contributed by atoms with E-state index in [2.05, 4.69) is 53.0 Å². The van der Waals surface area contributed by atoms with Crippen LogP contribution < -0.4 is 4.74 Å². The second-order valence-electron chi connectivity index (χ2n) is 7.90. The normalized spacial score (nSPS) is 12.7. The van der Waals surface area contributed by atoms with Crippen LogP contribution in [0.25, 0.3) is 0 Å². The van der Waals surface area contributed by atoms with Gasteiger partial charge in [0.1, 0.15) is 19.7 Å². The van der Waals surface area contributed by atoms with E-state index in [4.69, 9.17) is 4.74 Å². The fourth-order valence-corrected chi connectivity index (χ4v) is 9.25. The zero-order valence-corrected chi connectivity index (χ0v) is 18.4. The summed E-state index contributed by atoms with van der Waals surface area (Å²) >= 11 is 0. The Hall–Kier alpha value is -2.13. The van der Waals surface area contributed by atoms with E-state index in [9.17, 15) is 14.9 Å². The number of ether oxygens (including phenoxy) is 1. The summed E-state index contributed by atoms with van der Waals surface area (Å²) in [6.45, 7) is 14.4. The molecule has 0 aliphatic rings. The van der Waals surface area contributed by atoms with E-state index in [-0.39, 0.29) is 11.5 Å². The van der Waals surface area contributed by atoms with Crippen LogP contribution in [0.2, 0.25) is 16.6 Å². The summed E-state index contributed by atoms with van der Waals surface area (Å²) in [5.74, 6) is 2.83. The van der Waals surface area contributed by atoms with Crippen LogP contribution in [0.4, 0.5) is 0 Å². The van der Waals surface area contributed by atoms with Crippen LogP contribution in [0.15, 0.2) is 24.3 Å². The van der Waals surface area contributed by atoms with E-state index in [1.807, 2.05) is 0 Å².